The Morgan fingerprint density at radius 3 is 2.90 bits per heavy atom. The summed E-state index contributed by atoms with van der Waals surface area (Å²) < 4.78 is 6.60. The lowest BCUT2D eigenvalue weighted by molar-refractivity contribution is 0.0884. The van der Waals surface area contributed by atoms with E-state index in [1.54, 1.807) is 0 Å². The predicted molar refractivity (Wildman–Crippen MR) is 82.8 cm³/mol. The third-order valence-corrected chi connectivity index (χ3v) is 4.63. The molecule has 1 aromatic carbocycles. The fourth-order valence-corrected chi connectivity index (χ4v) is 3.23. The number of benzene rings is 1. The van der Waals surface area contributed by atoms with Crippen molar-refractivity contribution < 1.29 is 9.21 Å². The highest BCUT2D eigenvalue weighted by molar-refractivity contribution is 9.10. The van der Waals surface area contributed by atoms with Crippen LogP contribution in [0.2, 0.25) is 0 Å². The van der Waals surface area contributed by atoms with E-state index in [2.05, 4.69) is 28.2 Å². The highest BCUT2D eigenvalue weighted by Gasteiger charge is 2.24. The number of hydrogen-bond donors (Lipinski definition) is 1. The van der Waals surface area contributed by atoms with Gasteiger partial charge in [-0.2, -0.15) is 0 Å². The summed E-state index contributed by atoms with van der Waals surface area (Å²) in [5, 5.41) is 4.07. The number of amides is 1. The summed E-state index contributed by atoms with van der Waals surface area (Å²) in [5.41, 5.74) is 0.737. The second-order valence-corrected chi connectivity index (χ2v) is 6.55. The molecule has 1 N–H and O–H groups in total. The fourth-order valence-electron chi connectivity index (χ4n) is 2.89. The molecule has 106 valence electrons. The Morgan fingerprint density at radius 2 is 2.10 bits per heavy atom. The van der Waals surface area contributed by atoms with E-state index >= 15 is 0 Å². The molecule has 0 aliphatic heterocycles. The summed E-state index contributed by atoms with van der Waals surface area (Å²) in [4.78, 5) is 12.3. The summed E-state index contributed by atoms with van der Waals surface area (Å²) >= 11 is 3.41. The topological polar surface area (TPSA) is 42.2 Å². The van der Waals surface area contributed by atoms with Crippen LogP contribution in [-0.4, -0.2) is 11.9 Å². The largest absolute Gasteiger partial charge is 0.451 e. The predicted octanol–water partition coefficient (Wildman–Crippen LogP) is 4.50. The summed E-state index contributed by atoms with van der Waals surface area (Å²) in [7, 11) is 0. The van der Waals surface area contributed by atoms with Crippen molar-refractivity contribution in [2.45, 2.75) is 38.6 Å². The smallest absolute Gasteiger partial charge is 0.287 e. The van der Waals surface area contributed by atoms with Gasteiger partial charge in [0.1, 0.15) is 5.58 Å². The second kappa shape index (κ2) is 5.60. The van der Waals surface area contributed by atoms with E-state index in [-0.39, 0.29) is 11.9 Å². The molecule has 0 bridgehead atoms. The molecule has 1 aliphatic rings. The summed E-state index contributed by atoms with van der Waals surface area (Å²) in [5.74, 6) is 0.846. The normalized spacial score (nSPS) is 22.9. The molecule has 4 heteroatoms. The van der Waals surface area contributed by atoms with Crippen LogP contribution >= 0.6 is 15.9 Å². The fraction of sp³-hybridized carbons (Fsp3) is 0.438. The van der Waals surface area contributed by atoms with Gasteiger partial charge in [0.15, 0.2) is 5.76 Å². The minimum absolute atomic E-state index is 0.101. The van der Waals surface area contributed by atoms with Gasteiger partial charge >= 0.3 is 0 Å². The van der Waals surface area contributed by atoms with Crippen molar-refractivity contribution in [3.63, 3.8) is 0 Å². The number of carbonyl (C=O) groups is 1. The molecule has 1 amide bonds. The highest BCUT2D eigenvalue weighted by atomic mass is 79.9. The van der Waals surface area contributed by atoms with E-state index in [0.29, 0.717) is 11.7 Å². The van der Waals surface area contributed by atoms with Crippen LogP contribution in [0, 0.1) is 5.92 Å². The van der Waals surface area contributed by atoms with E-state index < -0.39 is 0 Å². The van der Waals surface area contributed by atoms with Crippen molar-refractivity contribution in [2.75, 3.05) is 0 Å². The number of nitrogens with one attached hydrogen (secondary N) is 1. The lowest BCUT2D eigenvalue weighted by Gasteiger charge is -2.29. The Hall–Kier alpha value is -1.29. The maximum atomic E-state index is 12.3. The zero-order valence-electron chi connectivity index (χ0n) is 11.5. The molecule has 1 heterocycles. The molecule has 3 rings (SSSR count). The van der Waals surface area contributed by atoms with Crippen LogP contribution in [0.15, 0.2) is 33.2 Å². The standard InChI is InChI=1S/C16H18BrNO2/c1-10-4-2-3-5-13(10)18-16(19)15-8-11-6-7-12(17)9-14(11)20-15/h6-10,13H,2-5H2,1H3,(H,18,19). The molecule has 0 saturated heterocycles. The average molecular weight is 336 g/mol. The van der Waals surface area contributed by atoms with E-state index in [4.69, 9.17) is 4.42 Å². The Bertz CT molecular complexity index is 634. The van der Waals surface area contributed by atoms with E-state index in [1.165, 1.54) is 19.3 Å². The van der Waals surface area contributed by atoms with Gasteiger partial charge in [-0.05, 0) is 43.0 Å². The van der Waals surface area contributed by atoms with Crippen molar-refractivity contribution in [2.24, 2.45) is 5.92 Å². The summed E-state index contributed by atoms with van der Waals surface area (Å²) in [6.07, 6.45) is 4.73. The molecule has 1 saturated carbocycles. The van der Waals surface area contributed by atoms with Crippen LogP contribution in [0.1, 0.15) is 43.2 Å². The molecule has 2 unspecified atom stereocenters. The number of fused-ring (bicyclic) bond motifs is 1. The van der Waals surface area contributed by atoms with Gasteiger partial charge in [0, 0.05) is 15.9 Å². The second-order valence-electron chi connectivity index (χ2n) is 5.63. The first kappa shape index (κ1) is 13.7. The van der Waals surface area contributed by atoms with Crippen LogP contribution in [0.4, 0.5) is 0 Å². The highest BCUT2D eigenvalue weighted by Crippen LogP contribution is 2.26. The maximum absolute atomic E-state index is 12.3. The molecule has 3 nitrogen and oxygen atoms in total. The van der Waals surface area contributed by atoms with Gasteiger partial charge in [0.25, 0.3) is 5.91 Å². The van der Waals surface area contributed by atoms with Crippen molar-refractivity contribution in [3.05, 3.63) is 34.5 Å². The third-order valence-electron chi connectivity index (χ3n) is 4.13. The SMILES string of the molecule is CC1CCCCC1NC(=O)c1cc2ccc(Br)cc2o1. The van der Waals surface area contributed by atoms with Gasteiger partial charge in [-0.3, -0.25) is 4.79 Å². The van der Waals surface area contributed by atoms with Gasteiger partial charge in [0.2, 0.25) is 0 Å². The quantitative estimate of drug-likeness (QED) is 0.877. The third kappa shape index (κ3) is 2.75. The van der Waals surface area contributed by atoms with Crippen LogP contribution in [-0.2, 0) is 0 Å². The average Bonchev–Trinajstić information content (AvgIpc) is 2.84. The summed E-state index contributed by atoms with van der Waals surface area (Å²) in [6.45, 7) is 2.21. The van der Waals surface area contributed by atoms with Crippen LogP contribution in [0.5, 0.6) is 0 Å². The van der Waals surface area contributed by atoms with Crippen LogP contribution in [0.3, 0.4) is 0 Å². The molecule has 2 aromatic rings. The number of furan rings is 1. The maximum Gasteiger partial charge on any atom is 0.287 e. The number of rotatable bonds is 2. The Balaban J connectivity index is 1.78. The molecule has 2 atom stereocenters. The Morgan fingerprint density at radius 1 is 1.30 bits per heavy atom. The van der Waals surface area contributed by atoms with Gasteiger partial charge in [-0.1, -0.05) is 35.7 Å². The van der Waals surface area contributed by atoms with Crippen LogP contribution < -0.4 is 5.32 Å². The van der Waals surface area contributed by atoms with Crippen molar-refractivity contribution in [1.82, 2.24) is 5.32 Å². The zero-order chi connectivity index (χ0) is 14.1. The van der Waals surface area contributed by atoms with Gasteiger partial charge in [0.05, 0.1) is 0 Å². The molecule has 1 fully saturated rings. The van der Waals surface area contributed by atoms with Crippen molar-refractivity contribution in [3.8, 4) is 0 Å². The first-order valence-corrected chi connectivity index (χ1v) is 7.93. The minimum atomic E-state index is -0.101. The molecule has 1 aliphatic carbocycles. The van der Waals surface area contributed by atoms with Gasteiger partial charge < -0.3 is 9.73 Å². The lowest BCUT2D eigenvalue weighted by atomic mass is 9.86. The first-order valence-electron chi connectivity index (χ1n) is 7.13. The molecule has 1 aromatic heterocycles. The van der Waals surface area contributed by atoms with Crippen molar-refractivity contribution in [1.29, 1.82) is 0 Å². The lowest BCUT2D eigenvalue weighted by Crippen LogP contribution is -2.40. The molecular weight excluding hydrogens is 318 g/mol. The molecule has 0 spiro atoms. The Kier molecular flexibility index (Phi) is 3.83. The number of halogens is 1. The minimum Gasteiger partial charge on any atom is -0.451 e. The van der Waals surface area contributed by atoms with E-state index in [0.717, 1.165) is 21.9 Å². The number of carbonyl (C=O) groups excluding carboxylic acids is 1. The molecule has 0 radical (unpaired) electrons. The van der Waals surface area contributed by atoms with Crippen LogP contribution in [0.25, 0.3) is 11.0 Å². The zero-order valence-corrected chi connectivity index (χ0v) is 13.1. The Labute approximate surface area is 126 Å². The molecule has 20 heavy (non-hydrogen) atoms. The van der Waals surface area contributed by atoms with E-state index in [1.807, 2.05) is 24.3 Å². The monoisotopic (exact) mass is 335 g/mol. The molecular formula is C16H18BrNO2. The summed E-state index contributed by atoms with van der Waals surface area (Å²) in [6, 6.07) is 7.86. The first-order chi connectivity index (χ1) is 9.63. The van der Waals surface area contributed by atoms with Gasteiger partial charge in [-0.25, -0.2) is 0 Å². The van der Waals surface area contributed by atoms with E-state index in [9.17, 15) is 4.79 Å². The van der Waals surface area contributed by atoms with Gasteiger partial charge in [-0.15, -0.1) is 0 Å². The van der Waals surface area contributed by atoms with Crippen molar-refractivity contribution >= 4 is 32.8 Å². The number of hydrogen-bond acceptors (Lipinski definition) is 2.